The number of nitrogens with zero attached hydrogens (tertiary/aromatic N) is 2. The van der Waals surface area contributed by atoms with Crippen LogP contribution in [-0.4, -0.2) is 50.9 Å². The first kappa shape index (κ1) is 32.5. The number of halogens is 3. The molecule has 220 valence electrons. The quantitative estimate of drug-likeness (QED) is 0.255. The molecule has 0 aromatic heterocycles. The van der Waals surface area contributed by atoms with Crippen molar-refractivity contribution in [2.24, 2.45) is 0 Å². The van der Waals surface area contributed by atoms with E-state index in [4.69, 9.17) is 39.5 Å². The number of carbonyl (C=O) groups excluding carboxylic acids is 2. The Morgan fingerprint density at radius 3 is 2.20 bits per heavy atom. The van der Waals surface area contributed by atoms with Gasteiger partial charge in [-0.2, -0.15) is 0 Å². The van der Waals surface area contributed by atoms with Crippen LogP contribution in [0.4, 0.5) is 5.69 Å². The second-order valence-electron chi connectivity index (χ2n) is 9.49. The van der Waals surface area contributed by atoms with Gasteiger partial charge in [0.05, 0.1) is 22.7 Å². The van der Waals surface area contributed by atoms with Crippen molar-refractivity contribution in [1.29, 1.82) is 0 Å². The SMILES string of the molecule is CC[C@@H](C(=O)NC(C)C)N(Cc1ccc(Cl)cc1Cl)C(=O)CN(c1ccc(OC)c(Cl)c1)S(=O)(=O)c1ccccc1. The third-order valence-corrected chi connectivity index (χ3v) is 8.88. The lowest BCUT2D eigenvalue weighted by Gasteiger charge is -2.33. The minimum atomic E-state index is -4.24. The molecule has 0 saturated carbocycles. The summed E-state index contributed by atoms with van der Waals surface area (Å²) in [5.74, 6) is -0.645. The molecule has 0 aliphatic carbocycles. The topological polar surface area (TPSA) is 96.0 Å². The maximum atomic E-state index is 14.1. The van der Waals surface area contributed by atoms with Crippen molar-refractivity contribution in [3.63, 3.8) is 0 Å². The molecular weight excluding hydrogens is 609 g/mol. The first-order valence-electron chi connectivity index (χ1n) is 12.8. The number of anilines is 1. The van der Waals surface area contributed by atoms with Crippen molar-refractivity contribution in [1.82, 2.24) is 10.2 Å². The minimum Gasteiger partial charge on any atom is -0.495 e. The summed E-state index contributed by atoms with van der Waals surface area (Å²) in [6.07, 6.45) is 0.273. The van der Waals surface area contributed by atoms with Gasteiger partial charge in [0.1, 0.15) is 18.3 Å². The van der Waals surface area contributed by atoms with Crippen LogP contribution in [-0.2, 0) is 26.2 Å². The van der Waals surface area contributed by atoms with Crippen molar-refractivity contribution >= 4 is 62.3 Å². The van der Waals surface area contributed by atoms with Crippen LogP contribution in [0.15, 0.2) is 71.6 Å². The second-order valence-corrected chi connectivity index (χ2v) is 12.6. The molecule has 1 N–H and O–H groups in total. The lowest BCUT2D eigenvalue weighted by molar-refractivity contribution is -0.140. The maximum Gasteiger partial charge on any atom is 0.264 e. The van der Waals surface area contributed by atoms with Gasteiger partial charge in [-0.25, -0.2) is 8.42 Å². The van der Waals surface area contributed by atoms with E-state index in [1.807, 2.05) is 13.8 Å². The predicted octanol–water partition coefficient (Wildman–Crippen LogP) is 6.18. The smallest absolute Gasteiger partial charge is 0.264 e. The molecule has 0 aliphatic rings. The Bertz CT molecular complexity index is 1490. The number of nitrogens with one attached hydrogen (secondary N) is 1. The van der Waals surface area contributed by atoms with Gasteiger partial charge in [0.15, 0.2) is 0 Å². The third-order valence-electron chi connectivity index (χ3n) is 6.21. The van der Waals surface area contributed by atoms with E-state index in [-0.39, 0.29) is 40.5 Å². The molecule has 12 heteroatoms. The lowest BCUT2D eigenvalue weighted by atomic mass is 10.1. The van der Waals surface area contributed by atoms with Crippen LogP contribution in [0.2, 0.25) is 15.1 Å². The summed E-state index contributed by atoms with van der Waals surface area (Å²) in [6, 6.07) is 15.9. The highest BCUT2D eigenvalue weighted by atomic mass is 35.5. The van der Waals surface area contributed by atoms with Gasteiger partial charge >= 0.3 is 0 Å². The molecular formula is C29H32Cl3N3O5S. The number of methoxy groups -OCH3 is 1. The molecule has 8 nitrogen and oxygen atoms in total. The number of amides is 2. The number of hydrogen-bond acceptors (Lipinski definition) is 5. The van der Waals surface area contributed by atoms with E-state index in [2.05, 4.69) is 5.32 Å². The van der Waals surface area contributed by atoms with Crippen LogP contribution in [0.3, 0.4) is 0 Å². The Morgan fingerprint density at radius 1 is 0.951 bits per heavy atom. The van der Waals surface area contributed by atoms with E-state index in [0.29, 0.717) is 21.4 Å². The molecule has 0 radical (unpaired) electrons. The van der Waals surface area contributed by atoms with Gasteiger partial charge in [-0.05, 0) is 68.3 Å². The Labute approximate surface area is 256 Å². The zero-order valence-electron chi connectivity index (χ0n) is 23.1. The maximum absolute atomic E-state index is 14.1. The fraction of sp³-hybridized carbons (Fsp3) is 0.310. The average molecular weight is 641 g/mol. The third kappa shape index (κ3) is 8.07. The van der Waals surface area contributed by atoms with Gasteiger partial charge in [-0.3, -0.25) is 13.9 Å². The number of ether oxygens (including phenoxy) is 1. The highest BCUT2D eigenvalue weighted by Crippen LogP contribution is 2.32. The van der Waals surface area contributed by atoms with Crippen molar-refractivity contribution in [2.75, 3.05) is 18.0 Å². The standard InChI is InChI=1S/C29H32Cl3N3O5S/c1-5-26(29(37)33-19(2)3)34(17-20-11-12-21(30)15-24(20)31)28(36)18-35(22-13-14-27(40-4)25(32)16-22)41(38,39)23-9-7-6-8-10-23/h6-16,19,26H,5,17-18H2,1-4H3,(H,33,37)/t26-/m0/s1. The number of hydrogen-bond donors (Lipinski definition) is 1. The highest BCUT2D eigenvalue weighted by Gasteiger charge is 2.34. The van der Waals surface area contributed by atoms with E-state index in [9.17, 15) is 18.0 Å². The Kier molecular flexibility index (Phi) is 11.3. The molecule has 0 bridgehead atoms. The molecule has 0 saturated heterocycles. The number of rotatable bonds is 12. The number of sulfonamides is 1. The first-order chi connectivity index (χ1) is 19.4. The fourth-order valence-corrected chi connectivity index (χ4v) is 6.34. The first-order valence-corrected chi connectivity index (χ1v) is 15.4. The van der Waals surface area contributed by atoms with Gasteiger partial charge in [0.25, 0.3) is 10.0 Å². The summed E-state index contributed by atoms with van der Waals surface area (Å²) < 4.78 is 34.0. The van der Waals surface area contributed by atoms with Crippen LogP contribution in [0, 0.1) is 0 Å². The molecule has 2 amide bonds. The summed E-state index contributed by atoms with van der Waals surface area (Å²) in [6.45, 7) is 4.73. The van der Waals surface area contributed by atoms with Crippen molar-refractivity contribution < 1.29 is 22.7 Å². The fourth-order valence-electron chi connectivity index (χ4n) is 4.19. The van der Waals surface area contributed by atoms with Gasteiger partial charge in [0.2, 0.25) is 11.8 Å². The van der Waals surface area contributed by atoms with E-state index in [0.717, 1.165) is 4.31 Å². The summed E-state index contributed by atoms with van der Waals surface area (Å²) in [4.78, 5) is 28.6. The molecule has 0 aliphatic heterocycles. The molecule has 41 heavy (non-hydrogen) atoms. The molecule has 3 aromatic carbocycles. The summed E-state index contributed by atoms with van der Waals surface area (Å²) >= 11 is 18.9. The lowest BCUT2D eigenvalue weighted by Crippen LogP contribution is -2.53. The van der Waals surface area contributed by atoms with Crippen LogP contribution in [0.25, 0.3) is 0 Å². The zero-order valence-corrected chi connectivity index (χ0v) is 26.2. The molecule has 0 heterocycles. The van der Waals surface area contributed by atoms with Crippen molar-refractivity contribution in [2.45, 2.75) is 50.7 Å². The van der Waals surface area contributed by atoms with Gasteiger partial charge < -0.3 is 15.0 Å². The molecule has 3 rings (SSSR count). The molecule has 3 aromatic rings. The van der Waals surface area contributed by atoms with Crippen molar-refractivity contribution in [3.05, 3.63) is 87.4 Å². The van der Waals surface area contributed by atoms with Crippen molar-refractivity contribution in [3.8, 4) is 5.75 Å². The van der Waals surface area contributed by atoms with E-state index >= 15 is 0 Å². The van der Waals surface area contributed by atoms with Crippen LogP contribution < -0.4 is 14.4 Å². The zero-order chi connectivity index (χ0) is 30.3. The summed E-state index contributed by atoms with van der Waals surface area (Å²) in [5.41, 5.74) is 0.697. The minimum absolute atomic E-state index is 0.0170. The van der Waals surface area contributed by atoms with Gasteiger partial charge in [0, 0.05) is 22.6 Å². The van der Waals surface area contributed by atoms with E-state index in [1.165, 1.54) is 42.3 Å². The van der Waals surface area contributed by atoms with Gasteiger partial charge in [-0.15, -0.1) is 0 Å². The second kappa shape index (κ2) is 14.3. The molecule has 0 spiro atoms. The number of carbonyl (C=O) groups is 2. The van der Waals surface area contributed by atoms with E-state index in [1.54, 1.807) is 43.3 Å². The largest absolute Gasteiger partial charge is 0.495 e. The summed E-state index contributed by atoms with van der Waals surface area (Å²) in [7, 11) is -2.79. The van der Waals surface area contributed by atoms with E-state index < -0.39 is 28.5 Å². The summed E-state index contributed by atoms with van der Waals surface area (Å²) in [5, 5.41) is 3.74. The Morgan fingerprint density at radius 2 is 1.63 bits per heavy atom. The average Bonchev–Trinajstić information content (AvgIpc) is 2.92. The van der Waals surface area contributed by atoms with Crippen LogP contribution in [0.1, 0.15) is 32.8 Å². The van der Waals surface area contributed by atoms with Gasteiger partial charge in [-0.1, -0.05) is 66.0 Å². The highest BCUT2D eigenvalue weighted by molar-refractivity contribution is 7.92. The molecule has 0 fully saturated rings. The predicted molar refractivity (Wildman–Crippen MR) is 163 cm³/mol. The molecule has 0 unspecified atom stereocenters. The number of benzene rings is 3. The Hall–Kier alpha value is -2.98. The van der Waals surface area contributed by atoms with Crippen LogP contribution >= 0.6 is 34.8 Å². The molecule has 1 atom stereocenters. The van der Waals surface area contributed by atoms with Crippen LogP contribution in [0.5, 0.6) is 5.75 Å². The monoisotopic (exact) mass is 639 g/mol. The Balaban J connectivity index is 2.11. The normalized spacial score (nSPS) is 12.1.